The number of nitrogens with one attached hydrogen (secondary N) is 1. The number of furan rings is 1. The number of benzene rings is 1. The maximum Gasteiger partial charge on any atom is 0.234 e. The monoisotopic (exact) mass is 340 g/mol. The summed E-state index contributed by atoms with van der Waals surface area (Å²) in [7, 11) is -3.55. The highest BCUT2D eigenvalue weighted by atomic mass is 32.2. The van der Waals surface area contributed by atoms with Gasteiger partial charge in [-0.25, -0.2) is 13.1 Å². The molecule has 0 aliphatic carbocycles. The summed E-state index contributed by atoms with van der Waals surface area (Å²) in [4.78, 5) is 4.27. The number of rotatable bonds is 6. The molecule has 3 aromatic rings. The van der Waals surface area contributed by atoms with Gasteiger partial charge in [-0.1, -0.05) is 36.4 Å². The van der Waals surface area contributed by atoms with Gasteiger partial charge < -0.3 is 4.42 Å². The smallest absolute Gasteiger partial charge is 0.234 e. The molecule has 2 aromatic heterocycles. The molecular weight excluding hydrogens is 324 g/mol. The zero-order chi connectivity index (χ0) is 16.8. The fraction of sp³-hybridized carbons (Fsp3) is 0.0556. The Bertz CT molecular complexity index is 918. The molecule has 0 atom stereocenters. The molecule has 0 bridgehead atoms. The third kappa shape index (κ3) is 4.18. The van der Waals surface area contributed by atoms with Crippen LogP contribution in [0, 0.1) is 0 Å². The lowest BCUT2D eigenvalue weighted by molar-refractivity contribution is 0.577. The predicted molar refractivity (Wildman–Crippen MR) is 93.2 cm³/mol. The molecule has 0 aliphatic rings. The zero-order valence-corrected chi connectivity index (χ0v) is 13.6. The van der Waals surface area contributed by atoms with Crippen LogP contribution in [0.1, 0.15) is 11.1 Å². The van der Waals surface area contributed by atoms with Crippen molar-refractivity contribution in [3.63, 3.8) is 0 Å². The third-order valence-electron chi connectivity index (χ3n) is 3.35. The van der Waals surface area contributed by atoms with Crippen LogP contribution >= 0.6 is 0 Å². The van der Waals surface area contributed by atoms with Crippen LogP contribution in [0.15, 0.2) is 76.9 Å². The number of hydrogen-bond donors (Lipinski definition) is 1. The summed E-state index contributed by atoms with van der Waals surface area (Å²) >= 11 is 0. The zero-order valence-electron chi connectivity index (χ0n) is 12.8. The van der Waals surface area contributed by atoms with E-state index >= 15 is 0 Å². The second-order valence-corrected chi connectivity index (χ2v) is 6.72. The molecule has 24 heavy (non-hydrogen) atoms. The Labute approximate surface area is 140 Å². The highest BCUT2D eigenvalue weighted by Gasteiger charge is 2.11. The molecule has 1 aromatic carbocycles. The van der Waals surface area contributed by atoms with Gasteiger partial charge in [0.15, 0.2) is 5.76 Å². The van der Waals surface area contributed by atoms with E-state index < -0.39 is 10.0 Å². The van der Waals surface area contributed by atoms with Crippen molar-refractivity contribution in [2.45, 2.75) is 6.54 Å². The standard InChI is InChI=1S/C18H16N2O3S/c21-24(22,13-10-15-6-2-1-3-7-15)20-14-16-8-4-11-19-18(16)17-9-5-12-23-17/h1-13,20H,14H2/b13-10+. The molecule has 122 valence electrons. The summed E-state index contributed by atoms with van der Waals surface area (Å²) in [6, 6.07) is 16.4. The van der Waals surface area contributed by atoms with E-state index in [2.05, 4.69) is 9.71 Å². The van der Waals surface area contributed by atoms with Gasteiger partial charge in [0.2, 0.25) is 10.0 Å². The van der Waals surface area contributed by atoms with Gasteiger partial charge in [-0.2, -0.15) is 0 Å². The van der Waals surface area contributed by atoms with Gasteiger partial charge >= 0.3 is 0 Å². The molecule has 0 amide bonds. The molecule has 0 unspecified atom stereocenters. The van der Waals surface area contributed by atoms with Crippen LogP contribution in [-0.2, 0) is 16.6 Å². The van der Waals surface area contributed by atoms with Gasteiger partial charge in [-0.3, -0.25) is 4.98 Å². The summed E-state index contributed by atoms with van der Waals surface area (Å²) < 4.78 is 32.2. The van der Waals surface area contributed by atoms with Crippen LogP contribution < -0.4 is 4.72 Å². The second kappa shape index (κ2) is 7.25. The molecule has 0 saturated carbocycles. The number of aromatic nitrogens is 1. The Kier molecular flexibility index (Phi) is 4.88. The fourth-order valence-electron chi connectivity index (χ4n) is 2.18. The molecule has 3 rings (SSSR count). The number of hydrogen-bond acceptors (Lipinski definition) is 4. The largest absolute Gasteiger partial charge is 0.463 e. The van der Waals surface area contributed by atoms with E-state index in [0.717, 1.165) is 16.5 Å². The van der Waals surface area contributed by atoms with Crippen molar-refractivity contribution < 1.29 is 12.8 Å². The molecule has 0 fully saturated rings. The van der Waals surface area contributed by atoms with E-state index in [9.17, 15) is 8.42 Å². The molecule has 0 aliphatic heterocycles. The Balaban J connectivity index is 1.73. The number of sulfonamides is 1. The first kappa shape index (κ1) is 16.2. The van der Waals surface area contributed by atoms with Crippen LogP contribution in [0.5, 0.6) is 0 Å². The van der Waals surface area contributed by atoms with E-state index in [4.69, 9.17) is 4.42 Å². The Hall–Kier alpha value is -2.70. The van der Waals surface area contributed by atoms with E-state index in [-0.39, 0.29) is 6.54 Å². The number of pyridine rings is 1. The molecule has 0 radical (unpaired) electrons. The first-order valence-corrected chi connectivity index (χ1v) is 8.89. The van der Waals surface area contributed by atoms with Gasteiger partial charge in [0.25, 0.3) is 0 Å². The van der Waals surface area contributed by atoms with Crippen molar-refractivity contribution in [3.05, 3.63) is 83.6 Å². The van der Waals surface area contributed by atoms with Crippen molar-refractivity contribution in [3.8, 4) is 11.5 Å². The summed E-state index contributed by atoms with van der Waals surface area (Å²) in [5.41, 5.74) is 2.18. The van der Waals surface area contributed by atoms with Gasteiger partial charge in [-0.15, -0.1) is 0 Å². The lowest BCUT2D eigenvalue weighted by Gasteiger charge is -2.07. The first-order chi connectivity index (χ1) is 11.6. The van der Waals surface area contributed by atoms with E-state index in [1.807, 2.05) is 36.4 Å². The third-order valence-corrected chi connectivity index (χ3v) is 4.39. The van der Waals surface area contributed by atoms with Crippen LogP contribution in [0.2, 0.25) is 0 Å². The number of nitrogens with zero attached hydrogens (tertiary/aromatic N) is 1. The topological polar surface area (TPSA) is 72.2 Å². The van der Waals surface area contributed by atoms with Gasteiger partial charge in [0, 0.05) is 18.1 Å². The van der Waals surface area contributed by atoms with Gasteiger partial charge in [0.1, 0.15) is 5.69 Å². The van der Waals surface area contributed by atoms with Crippen molar-refractivity contribution in [2.24, 2.45) is 0 Å². The highest BCUT2D eigenvalue weighted by molar-refractivity contribution is 7.92. The maximum atomic E-state index is 12.1. The van der Waals surface area contributed by atoms with E-state index in [1.165, 1.54) is 0 Å². The van der Waals surface area contributed by atoms with E-state index in [1.54, 1.807) is 36.7 Å². The van der Waals surface area contributed by atoms with Gasteiger partial charge in [-0.05, 0) is 35.4 Å². The molecule has 6 heteroatoms. The summed E-state index contributed by atoms with van der Waals surface area (Å²) in [6.45, 7) is 0.130. The minimum Gasteiger partial charge on any atom is -0.463 e. The molecule has 5 nitrogen and oxygen atoms in total. The first-order valence-electron chi connectivity index (χ1n) is 7.35. The van der Waals surface area contributed by atoms with Crippen molar-refractivity contribution in [2.75, 3.05) is 0 Å². The minimum absolute atomic E-state index is 0.130. The molecular formula is C18H16N2O3S. The lowest BCUT2D eigenvalue weighted by atomic mass is 10.1. The SMILES string of the molecule is O=S(=O)(/C=C/c1ccccc1)NCc1cccnc1-c1ccco1. The highest BCUT2D eigenvalue weighted by Crippen LogP contribution is 2.21. The van der Waals surface area contributed by atoms with Crippen molar-refractivity contribution in [1.29, 1.82) is 0 Å². The van der Waals surface area contributed by atoms with Crippen LogP contribution in [-0.4, -0.2) is 13.4 Å². The molecule has 1 N–H and O–H groups in total. The Morgan fingerprint density at radius 3 is 2.62 bits per heavy atom. The fourth-order valence-corrected chi connectivity index (χ4v) is 2.96. The average Bonchev–Trinajstić information content (AvgIpc) is 3.14. The van der Waals surface area contributed by atoms with Crippen molar-refractivity contribution in [1.82, 2.24) is 9.71 Å². The van der Waals surface area contributed by atoms with Gasteiger partial charge in [0.05, 0.1) is 6.26 Å². The maximum absolute atomic E-state index is 12.1. The van der Waals surface area contributed by atoms with Crippen LogP contribution in [0.4, 0.5) is 0 Å². The summed E-state index contributed by atoms with van der Waals surface area (Å²) in [5.74, 6) is 0.602. The molecule has 2 heterocycles. The van der Waals surface area contributed by atoms with Crippen molar-refractivity contribution >= 4 is 16.1 Å². The quantitative estimate of drug-likeness (QED) is 0.746. The van der Waals surface area contributed by atoms with Crippen LogP contribution in [0.3, 0.4) is 0 Å². The summed E-state index contributed by atoms with van der Waals surface area (Å²) in [5, 5.41) is 1.16. The molecule has 0 spiro atoms. The second-order valence-electron chi connectivity index (χ2n) is 5.07. The molecule has 0 saturated heterocycles. The Morgan fingerprint density at radius 2 is 1.88 bits per heavy atom. The Morgan fingerprint density at radius 1 is 1.04 bits per heavy atom. The predicted octanol–water partition coefficient (Wildman–Crippen LogP) is 3.43. The summed E-state index contributed by atoms with van der Waals surface area (Å²) in [6.07, 6.45) is 4.75. The van der Waals surface area contributed by atoms with Crippen LogP contribution in [0.25, 0.3) is 17.5 Å². The normalized spacial score (nSPS) is 11.8. The minimum atomic E-state index is -3.55. The lowest BCUT2D eigenvalue weighted by Crippen LogP contribution is -2.21. The average molecular weight is 340 g/mol. The van der Waals surface area contributed by atoms with E-state index in [0.29, 0.717) is 11.5 Å².